The highest BCUT2D eigenvalue weighted by atomic mass is 32.2. The highest BCUT2D eigenvalue weighted by molar-refractivity contribution is 8.03. The molecule has 0 aromatic carbocycles. The SMILES string of the molecule is O=C1CSC2(CCS(=O)(=O)C2)N1CCN1CCOCC1. The second-order valence-electron chi connectivity index (χ2n) is 5.58. The van der Waals surface area contributed by atoms with Gasteiger partial charge in [0, 0.05) is 26.2 Å². The second kappa shape index (κ2) is 5.47. The van der Waals surface area contributed by atoms with Gasteiger partial charge in [-0.25, -0.2) is 8.42 Å². The zero-order valence-corrected chi connectivity index (χ0v) is 13.0. The molecule has 3 aliphatic heterocycles. The third kappa shape index (κ3) is 2.84. The maximum atomic E-state index is 12.1. The summed E-state index contributed by atoms with van der Waals surface area (Å²) in [5.41, 5.74) is 0. The molecule has 1 atom stereocenters. The molecule has 1 spiro atoms. The van der Waals surface area contributed by atoms with E-state index in [-0.39, 0.29) is 17.4 Å². The molecule has 0 saturated carbocycles. The lowest BCUT2D eigenvalue weighted by Crippen LogP contribution is -2.49. The first kappa shape index (κ1) is 14.6. The van der Waals surface area contributed by atoms with E-state index in [0.717, 1.165) is 32.8 Å². The molecule has 0 bridgehead atoms. The first-order chi connectivity index (χ1) is 9.51. The minimum atomic E-state index is -2.99. The third-order valence-corrected chi connectivity index (χ3v) is 7.67. The Morgan fingerprint density at radius 2 is 2.00 bits per heavy atom. The molecule has 20 heavy (non-hydrogen) atoms. The number of sulfone groups is 1. The quantitative estimate of drug-likeness (QED) is 0.692. The van der Waals surface area contributed by atoms with Crippen LogP contribution >= 0.6 is 11.8 Å². The molecule has 1 amide bonds. The van der Waals surface area contributed by atoms with E-state index in [4.69, 9.17) is 4.74 Å². The van der Waals surface area contributed by atoms with Crippen LogP contribution < -0.4 is 0 Å². The van der Waals surface area contributed by atoms with Gasteiger partial charge in [-0.05, 0) is 6.42 Å². The predicted molar refractivity (Wildman–Crippen MR) is 77.4 cm³/mol. The van der Waals surface area contributed by atoms with Gasteiger partial charge in [-0.2, -0.15) is 0 Å². The van der Waals surface area contributed by atoms with Crippen LogP contribution in [0.5, 0.6) is 0 Å². The van der Waals surface area contributed by atoms with E-state index in [2.05, 4.69) is 4.90 Å². The number of carbonyl (C=O) groups excluding carboxylic acids is 1. The van der Waals surface area contributed by atoms with Crippen molar-refractivity contribution in [3.05, 3.63) is 0 Å². The molecular weight excluding hydrogens is 300 g/mol. The van der Waals surface area contributed by atoms with Gasteiger partial charge in [-0.3, -0.25) is 9.69 Å². The number of carbonyl (C=O) groups is 1. The van der Waals surface area contributed by atoms with Crippen LogP contribution in [0, 0.1) is 0 Å². The minimum Gasteiger partial charge on any atom is -0.379 e. The summed E-state index contributed by atoms with van der Waals surface area (Å²) in [5.74, 6) is 0.833. The van der Waals surface area contributed by atoms with Gasteiger partial charge in [-0.1, -0.05) is 0 Å². The highest BCUT2D eigenvalue weighted by Crippen LogP contribution is 2.44. The zero-order valence-electron chi connectivity index (χ0n) is 11.4. The summed E-state index contributed by atoms with van der Waals surface area (Å²) in [6.45, 7) is 4.68. The van der Waals surface area contributed by atoms with Crippen molar-refractivity contribution in [1.82, 2.24) is 9.80 Å². The fourth-order valence-electron chi connectivity index (χ4n) is 3.10. The summed E-state index contributed by atoms with van der Waals surface area (Å²) in [6.07, 6.45) is 0.578. The largest absolute Gasteiger partial charge is 0.379 e. The van der Waals surface area contributed by atoms with E-state index < -0.39 is 14.7 Å². The van der Waals surface area contributed by atoms with Gasteiger partial charge in [0.2, 0.25) is 5.91 Å². The lowest BCUT2D eigenvalue weighted by Gasteiger charge is -2.35. The molecule has 0 aromatic rings. The third-order valence-electron chi connectivity index (χ3n) is 4.25. The molecule has 0 radical (unpaired) electrons. The molecule has 8 heteroatoms. The molecule has 1 unspecified atom stereocenters. The number of thioether (sulfide) groups is 1. The van der Waals surface area contributed by atoms with Crippen molar-refractivity contribution in [1.29, 1.82) is 0 Å². The first-order valence-electron chi connectivity index (χ1n) is 6.96. The topological polar surface area (TPSA) is 66.9 Å². The first-order valence-corrected chi connectivity index (χ1v) is 9.76. The summed E-state index contributed by atoms with van der Waals surface area (Å²) >= 11 is 1.51. The van der Waals surface area contributed by atoms with E-state index in [1.165, 1.54) is 11.8 Å². The molecule has 0 N–H and O–H groups in total. The Morgan fingerprint density at radius 1 is 1.25 bits per heavy atom. The number of nitrogens with zero attached hydrogens (tertiary/aromatic N) is 2. The van der Waals surface area contributed by atoms with Crippen molar-refractivity contribution in [2.45, 2.75) is 11.3 Å². The molecule has 3 saturated heterocycles. The molecule has 3 aliphatic rings. The summed E-state index contributed by atoms with van der Waals surface area (Å²) in [6, 6.07) is 0. The Morgan fingerprint density at radius 3 is 2.65 bits per heavy atom. The van der Waals surface area contributed by atoms with E-state index >= 15 is 0 Å². The monoisotopic (exact) mass is 320 g/mol. The predicted octanol–water partition coefficient (Wildman–Crippen LogP) is -0.591. The van der Waals surface area contributed by atoms with Crippen molar-refractivity contribution < 1.29 is 17.9 Å². The van der Waals surface area contributed by atoms with Crippen LogP contribution in [0.2, 0.25) is 0 Å². The van der Waals surface area contributed by atoms with Crippen molar-refractivity contribution in [3.63, 3.8) is 0 Å². The van der Waals surface area contributed by atoms with Gasteiger partial charge in [-0.15, -0.1) is 11.8 Å². The standard InChI is InChI=1S/C12H20N2O4S2/c15-11-9-19-12(1-8-20(16,17)10-12)14(11)3-2-13-4-6-18-7-5-13/h1-10H2. The lowest BCUT2D eigenvalue weighted by atomic mass is 10.2. The smallest absolute Gasteiger partial charge is 0.233 e. The van der Waals surface area contributed by atoms with E-state index in [1.807, 2.05) is 4.90 Å². The summed E-state index contributed by atoms with van der Waals surface area (Å²) < 4.78 is 28.9. The Labute approximate surface area is 123 Å². The summed E-state index contributed by atoms with van der Waals surface area (Å²) in [7, 11) is -2.99. The Hall–Kier alpha value is -0.310. The van der Waals surface area contributed by atoms with Gasteiger partial charge in [0.25, 0.3) is 0 Å². The van der Waals surface area contributed by atoms with Crippen molar-refractivity contribution in [2.24, 2.45) is 0 Å². The van der Waals surface area contributed by atoms with E-state index in [1.54, 1.807) is 0 Å². The van der Waals surface area contributed by atoms with Gasteiger partial charge < -0.3 is 9.64 Å². The highest BCUT2D eigenvalue weighted by Gasteiger charge is 2.52. The molecule has 3 heterocycles. The summed E-state index contributed by atoms with van der Waals surface area (Å²) in [5, 5.41) is 0. The van der Waals surface area contributed by atoms with Crippen molar-refractivity contribution in [3.8, 4) is 0 Å². The maximum Gasteiger partial charge on any atom is 0.233 e. The molecule has 114 valence electrons. The van der Waals surface area contributed by atoms with Gasteiger partial charge in [0.15, 0.2) is 9.84 Å². The maximum absolute atomic E-state index is 12.1. The second-order valence-corrected chi connectivity index (χ2v) is 9.10. The molecule has 3 rings (SSSR count). The van der Waals surface area contributed by atoms with E-state index in [0.29, 0.717) is 18.7 Å². The van der Waals surface area contributed by atoms with Crippen LogP contribution in [0.3, 0.4) is 0 Å². The average Bonchev–Trinajstić information content (AvgIpc) is 2.89. The number of amides is 1. The van der Waals surface area contributed by atoms with E-state index in [9.17, 15) is 13.2 Å². The van der Waals surface area contributed by atoms with Crippen LogP contribution in [0.4, 0.5) is 0 Å². The number of morpholine rings is 1. The lowest BCUT2D eigenvalue weighted by molar-refractivity contribution is -0.130. The summed E-state index contributed by atoms with van der Waals surface area (Å²) in [4.78, 5) is 15.7. The van der Waals surface area contributed by atoms with Gasteiger partial charge in [0.05, 0.1) is 30.5 Å². The molecule has 6 nitrogen and oxygen atoms in total. The van der Waals surface area contributed by atoms with Crippen molar-refractivity contribution in [2.75, 3.05) is 56.7 Å². The van der Waals surface area contributed by atoms with Crippen LogP contribution in [0.1, 0.15) is 6.42 Å². The van der Waals surface area contributed by atoms with Crippen LogP contribution in [-0.2, 0) is 19.4 Å². The number of hydrogen-bond donors (Lipinski definition) is 0. The number of hydrogen-bond acceptors (Lipinski definition) is 6. The fourth-order valence-corrected chi connectivity index (χ4v) is 7.03. The average molecular weight is 320 g/mol. The van der Waals surface area contributed by atoms with Crippen LogP contribution in [0.15, 0.2) is 0 Å². The fraction of sp³-hybridized carbons (Fsp3) is 0.917. The molecule has 0 aromatic heterocycles. The number of rotatable bonds is 3. The zero-order chi connectivity index (χ0) is 14.2. The van der Waals surface area contributed by atoms with Crippen LogP contribution in [0.25, 0.3) is 0 Å². The Kier molecular flexibility index (Phi) is 4.00. The van der Waals surface area contributed by atoms with Gasteiger partial charge >= 0.3 is 0 Å². The Bertz CT molecular complexity index is 490. The normalized spacial score (nSPS) is 34.2. The molecule has 3 fully saturated rings. The minimum absolute atomic E-state index is 0.0837. The Balaban J connectivity index is 1.65. The number of ether oxygens (including phenoxy) is 1. The molecule has 0 aliphatic carbocycles. The van der Waals surface area contributed by atoms with Crippen LogP contribution in [-0.4, -0.2) is 85.6 Å². The molecular formula is C12H20N2O4S2. The van der Waals surface area contributed by atoms with Crippen molar-refractivity contribution >= 4 is 27.5 Å². The van der Waals surface area contributed by atoms with Gasteiger partial charge in [0.1, 0.15) is 4.87 Å².